The summed E-state index contributed by atoms with van der Waals surface area (Å²) in [6.45, 7) is 24.1. The van der Waals surface area contributed by atoms with Gasteiger partial charge >= 0.3 is 0 Å². The van der Waals surface area contributed by atoms with Crippen LogP contribution in [0.3, 0.4) is 0 Å². The van der Waals surface area contributed by atoms with Crippen LogP contribution in [0.25, 0.3) is 0 Å². The highest BCUT2D eigenvalue weighted by atomic mass is 19.0. The third-order valence-electron chi connectivity index (χ3n) is 18.2. The lowest BCUT2D eigenvalue weighted by atomic mass is 10.1. The van der Waals surface area contributed by atoms with E-state index in [9.17, 15) is 0 Å². The molecule has 0 fully saturated rings. The molecule has 0 radical (unpaired) electrons. The molecule has 7 aromatic rings. The maximum Gasteiger partial charge on any atom is 0.243 e. The summed E-state index contributed by atoms with van der Waals surface area (Å²) >= 11 is 0. The quantitative estimate of drug-likeness (QED) is 0.0252. The summed E-state index contributed by atoms with van der Waals surface area (Å²) in [5, 5.41) is 25.2. The lowest BCUT2D eigenvalue weighted by molar-refractivity contribution is -0.671. The molecule has 22 heteroatoms. The van der Waals surface area contributed by atoms with Gasteiger partial charge in [-0.2, -0.15) is 0 Å². The number of halogens is 4. The fourth-order valence-corrected chi connectivity index (χ4v) is 12.0. The molecule has 616 valence electrons. The summed E-state index contributed by atoms with van der Waals surface area (Å²) in [5.74, 6) is 0. The van der Waals surface area contributed by atoms with Crippen LogP contribution in [0.4, 0.5) is 0 Å². The normalized spacial score (nSPS) is 10.2. The van der Waals surface area contributed by atoms with Gasteiger partial charge in [-0.25, -0.2) is 63.9 Å². The Kier molecular flexibility index (Phi) is 82.2. The molecule has 0 unspecified atom stereocenters. The molecule has 0 spiro atoms. The van der Waals surface area contributed by atoms with Crippen molar-refractivity contribution >= 4 is 7.32 Å². The van der Waals surface area contributed by atoms with Crippen LogP contribution >= 0.6 is 0 Å². The first-order valence-electron chi connectivity index (χ1n) is 41.6. The smallest absolute Gasteiger partial charge is 0.243 e. The number of hydrogen-bond donors (Lipinski definition) is 0. The van der Waals surface area contributed by atoms with Gasteiger partial charge in [0.15, 0.2) is 0 Å². The van der Waals surface area contributed by atoms with E-state index in [1.807, 2.05) is 0 Å². The van der Waals surface area contributed by atoms with Gasteiger partial charge in [0.25, 0.3) is 0 Å². The van der Waals surface area contributed by atoms with E-state index in [1.165, 1.54) is 315 Å². The van der Waals surface area contributed by atoms with Crippen LogP contribution in [0.5, 0.6) is 0 Å². The zero-order chi connectivity index (χ0) is 75.2. The Morgan fingerprint density at radius 3 is 0.368 bits per heavy atom. The summed E-state index contributed by atoms with van der Waals surface area (Å²) in [7, 11) is 11.6. The number of imidazole rings is 7. The molecule has 106 heavy (non-hydrogen) atoms. The molecule has 0 saturated heterocycles. The Hall–Kier alpha value is -5.87. The molecule has 0 bridgehead atoms. The van der Waals surface area contributed by atoms with Crippen molar-refractivity contribution in [2.45, 2.75) is 364 Å². The van der Waals surface area contributed by atoms with E-state index >= 15 is 0 Å². The molecular weight excluding hydrogens is 1340 g/mol. The summed E-state index contributed by atoms with van der Waals surface area (Å²) < 4.78 is 30.5. The van der Waals surface area contributed by atoms with Crippen molar-refractivity contribution < 1.29 is 65.9 Å². The molecule has 0 amide bonds. The van der Waals surface area contributed by atoms with Crippen molar-refractivity contribution in [2.75, 3.05) is 0 Å². The fraction of sp³-hybridized carbons (Fsp3) is 0.750. The van der Waals surface area contributed by atoms with Crippen LogP contribution in [-0.4, -0.2) is 39.3 Å². The highest BCUT2D eigenvalue weighted by molar-refractivity contribution is 6.24. The highest BCUT2D eigenvalue weighted by Gasteiger charge is 2.05. The number of hydrogen-bond acceptors (Lipinski definition) is 3. The predicted octanol–water partition coefficient (Wildman–Crippen LogP) is 2.78. The topological polar surface area (TPSA) is 131 Å². The first-order chi connectivity index (χ1) is 49.5. The van der Waals surface area contributed by atoms with Gasteiger partial charge in [-0.1, -0.05) is 228 Å². The Balaban J connectivity index is -0.000000369. The van der Waals surface area contributed by atoms with E-state index in [1.54, 1.807) is 0 Å². The summed E-state index contributed by atoms with van der Waals surface area (Å²) in [6.07, 6.45) is 102. The zero-order valence-electron chi connectivity index (χ0n) is 70.3. The van der Waals surface area contributed by atoms with Crippen LogP contribution < -0.4 is 65.9 Å². The molecule has 0 aliphatic heterocycles. The van der Waals surface area contributed by atoms with Crippen LogP contribution in [0.1, 0.15) is 318 Å². The van der Waals surface area contributed by atoms with Gasteiger partial charge in [-0.15, -0.1) is 0 Å². The Morgan fingerprint density at radius 2 is 0.283 bits per heavy atom. The summed E-state index contributed by atoms with van der Waals surface area (Å²) in [6, 6.07) is 0. The lowest BCUT2D eigenvalue weighted by Crippen LogP contribution is -3.00. The van der Waals surface area contributed by atoms with E-state index in [0.717, 1.165) is 0 Å². The highest BCUT2D eigenvalue weighted by Crippen LogP contribution is 2.12. The number of unbranched alkanes of at least 4 members (excludes halogenated alkanes) is 35. The first kappa shape index (κ1) is 109. The largest absolute Gasteiger partial charge is 1.00 e. The Bertz CT molecular complexity index is 2300. The molecule has 7 rings (SSSR count). The fourth-order valence-electron chi connectivity index (χ4n) is 12.0. The van der Waals surface area contributed by atoms with Crippen LogP contribution in [0.2, 0.25) is 0 Å². The number of nitrogens with zero attached hydrogens (tertiary/aromatic N) is 14. The molecule has 7 heterocycles. The SMILES string of the molecule is CCCCCCCCn1cc[n+](C)c1.CCCCCCCCn1cc[n+](C)c1.CCCCCCCCn1cc[n+](C)c1.CCCCCCCCn1cc[n+](C)c1.CCCCCCCCn1cc[n+](C)c1.CCCCCCCCn1cc[n+](C)c1.CCCCCCCCn1cc[n+](C)c1.[F-].[F-].[F-].[F-].[O-]B([O-])[O-]. The van der Waals surface area contributed by atoms with Gasteiger partial charge in [0, 0.05) is 0 Å². The molecule has 0 aromatic carbocycles. The van der Waals surface area contributed by atoms with Crippen molar-refractivity contribution in [2.24, 2.45) is 49.3 Å². The number of aryl methyl sites for hydroxylation is 14. The molecule has 17 nitrogen and oxygen atoms in total. The minimum atomic E-state index is -2.92. The second kappa shape index (κ2) is 80.2. The second-order valence-corrected chi connectivity index (χ2v) is 28.9. The van der Waals surface area contributed by atoms with Crippen molar-refractivity contribution in [3.05, 3.63) is 131 Å². The van der Waals surface area contributed by atoms with Gasteiger partial charge in [0.05, 0.1) is 95.1 Å². The average Bonchev–Trinajstić information content (AvgIpc) is 1.88. The molecule has 0 N–H and O–H groups in total. The average molecular weight is 1500 g/mol. The summed E-state index contributed by atoms with van der Waals surface area (Å²) in [4.78, 5) is 0. The molecule has 0 aliphatic carbocycles. The van der Waals surface area contributed by atoms with E-state index < -0.39 is 7.32 Å². The minimum absolute atomic E-state index is 0. The van der Waals surface area contributed by atoms with Crippen molar-refractivity contribution in [3.8, 4) is 0 Å². The summed E-state index contributed by atoms with van der Waals surface area (Å²) in [5.41, 5.74) is 0. The van der Waals surface area contributed by atoms with Crippen molar-refractivity contribution in [3.63, 3.8) is 0 Å². The van der Waals surface area contributed by atoms with E-state index in [2.05, 4.69) is 293 Å². The zero-order valence-corrected chi connectivity index (χ0v) is 70.3. The van der Waals surface area contributed by atoms with Crippen LogP contribution in [0.15, 0.2) is 131 Å². The third-order valence-corrected chi connectivity index (χ3v) is 18.2. The maximum absolute atomic E-state index is 8.42. The van der Waals surface area contributed by atoms with Crippen molar-refractivity contribution in [1.29, 1.82) is 0 Å². The standard InChI is InChI=1S/7C12H23N2.BO3.4FH/c7*1-3-4-5-6-7-8-9-14-11-10-13(2)12-14;2-1(3)4;;;;/h7*10-12H,3-9H2,1-2H3;;4*1H/q7*+1;-3;;;;/p-4. The van der Waals surface area contributed by atoms with E-state index in [-0.39, 0.29) is 18.8 Å². The van der Waals surface area contributed by atoms with E-state index in [4.69, 9.17) is 15.1 Å². The van der Waals surface area contributed by atoms with Gasteiger partial charge in [-0.05, 0) is 89.9 Å². The van der Waals surface area contributed by atoms with Gasteiger partial charge < -0.3 is 33.9 Å². The van der Waals surface area contributed by atoms with Gasteiger partial charge in [0.1, 0.15) is 86.8 Å². The molecule has 0 aliphatic rings. The first-order valence-corrected chi connectivity index (χ1v) is 41.6. The molecule has 0 saturated carbocycles. The third kappa shape index (κ3) is 72.3. The number of aromatic nitrogens is 14. The molecule has 0 atom stereocenters. The van der Waals surface area contributed by atoms with Crippen LogP contribution in [0, 0.1) is 0 Å². The van der Waals surface area contributed by atoms with Gasteiger partial charge in [0.2, 0.25) is 44.3 Å². The lowest BCUT2D eigenvalue weighted by Gasteiger charge is -2.35. The molecule has 7 aromatic heterocycles. The Labute approximate surface area is 646 Å². The number of rotatable bonds is 49. The minimum Gasteiger partial charge on any atom is -1.00 e. The predicted molar refractivity (Wildman–Crippen MR) is 419 cm³/mol. The Morgan fingerprint density at radius 1 is 0.189 bits per heavy atom. The van der Waals surface area contributed by atoms with Gasteiger partial charge in [-0.3, -0.25) is 7.32 Å². The molecular formula is C84H161BF4N14O3. The van der Waals surface area contributed by atoms with Crippen LogP contribution in [-0.2, 0) is 95.1 Å². The monoisotopic (exact) mass is 1500 g/mol. The van der Waals surface area contributed by atoms with Crippen molar-refractivity contribution in [1.82, 2.24) is 32.0 Å². The second-order valence-electron chi connectivity index (χ2n) is 28.9. The maximum atomic E-state index is 8.42. The van der Waals surface area contributed by atoms with E-state index in [0.29, 0.717) is 0 Å².